The molecule has 0 aliphatic carbocycles. The number of anilines is 1. The van der Waals surface area contributed by atoms with E-state index >= 15 is 0 Å². The van der Waals surface area contributed by atoms with Crippen molar-refractivity contribution < 1.29 is 9.90 Å². The average molecular weight is 234 g/mol. The van der Waals surface area contributed by atoms with Crippen molar-refractivity contribution in [1.82, 2.24) is 4.90 Å². The number of fused-ring (bicyclic) bond motifs is 1. The van der Waals surface area contributed by atoms with E-state index in [1.807, 2.05) is 25.1 Å². The van der Waals surface area contributed by atoms with Crippen LogP contribution in [0, 0.1) is 0 Å². The Kier molecular flexibility index (Phi) is 3.64. The maximum atomic E-state index is 12.2. The predicted molar refractivity (Wildman–Crippen MR) is 67.3 cm³/mol. The van der Waals surface area contributed by atoms with Crippen molar-refractivity contribution in [2.24, 2.45) is 0 Å². The van der Waals surface area contributed by atoms with Gasteiger partial charge in [-0.1, -0.05) is 6.07 Å². The van der Waals surface area contributed by atoms with Crippen LogP contribution in [0.1, 0.15) is 22.8 Å². The summed E-state index contributed by atoms with van der Waals surface area (Å²) in [4.78, 5) is 13.8. The molecule has 0 saturated carbocycles. The van der Waals surface area contributed by atoms with Crippen molar-refractivity contribution in [1.29, 1.82) is 0 Å². The molecule has 4 heteroatoms. The lowest BCUT2D eigenvalue weighted by Gasteiger charge is -2.20. The number of benzene rings is 1. The molecule has 0 radical (unpaired) electrons. The van der Waals surface area contributed by atoms with Crippen LogP contribution in [0.5, 0.6) is 0 Å². The lowest BCUT2D eigenvalue weighted by molar-refractivity contribution is 0.0732. The van der Waals surface area contributed by atoms with Gasteiger partial charge in [0.1, 0.15) is 0 Å². The van der Waals surface area contributed by atoms with E-state index in [-0.39, 0.29) is 12.5 Å². The Morgan fingerprint density at radius 3 is 3.06 bits per heavy atom. The molecule has 0 spiro atoms. The molecule has 2 N–H and O–H groups in total. The fourth-order valence-corrected chi connectivity index (χ4v) is 2.13. The number of carbonyl (C=O) groups is 1. The first-order valence-corrected chi connectivity index (χ1v) is 6.03. The third kappa shape index (κ3) is 2.42. The fourth-order valence-electron chi connectivity index (χ4n) is 2.13. The highest BCUT2D eigenvalue weighted by Gasteiger charge is 2.17. The van der Waals surface area contributed by atoms with Gasteiger partial charge in [-0.25, -0.2) is 0 Å². The summed E-state index contributed by atoms with van der Waals surface area (Å²) in [5.41, 5.74) is 3.02. The van der Waals surface area contributed by atoms with Gasteiger partial charge in [0.05, 0.1) is 6.61 Å². The maximum Gasteiger partial charge on any atom is 0.253 e. The molecule has 0 bridgehead atoms. The number of hydrogen-bond donors (Lipinski definition) is 2. The molecule has 17 heavy (non-hydrogen) atoms. The van der Waals surface area contributed by atoms with E-state index in [1.165, 1.54) is 5.56 Å². The van der Waals surface area contributed by atoms with Gasteiger partial charge in [0.15, 0.2) is 0 Å². The Morgan fingerprint density at radius 1 is 1.53 bits per heavy atom. The lowest BCUT2D eigenvalue weighted by Crippen LogP contribution is -2.33. The van der Waals surface area contributed by atoms with Crippen molar-refractivity contribution in [2.45, 2.75) is 13.3 Å². The Bertz CT molecular complexity index is 418. The third-order valence-corrected chi connectivity index (χ3v) is 3.11. The standard InChI is InChI=1S/C13H18N2O2/c1-2-15(7-8-16)13(17)11-4-3-10-5-6-14-12(10)9-11/h3-4,9,14,16H,2,5-8H2,1H3. The monoisotopic (exact) mass is 234 g/mol. The Hall–Kier alpha value is -1.55. The number of aliphatic hydroxyl groups is 1. The largest absolute Gasteiger partial charge is 0.395 e. The van der Waals surface area contributed by atoms with E-state index in [9.17, 15) is 4.79 Å². The van der Waals surface area contributed by atoms with Crippen LogP contribution in [0.4, 0.5) is 5.69 Å². The van der Waals surface area contributed by atoms with Crippen LogP contribution in [-0.4, -0.2) is 42.2 Å². The number of amides is 1. The van der Waals surface area contributed by atoms with Crippen molar-refractivity contribution in [3.8, 4) is 0 Å². The highest BCUT2D eigenvalue weighted by molar-refractivity contribution is 5.95. The first-order chi connectivity index (χ1) is 8.26. The topological polar surface area (TPSA) is 52.6 Å². The Balaban J connectivity index is 2.19. The summed E-state index contributed by atoms with van der Waals surface area (Å²) in [6.07, 6.45) is 1.03. The van der Waals surface area contributed by atoms with Crippen molar-refractivity contribution in [3.63, 3.8) is 0 Å². The number of nitrogens with zero attached hydrogens (tertiary/aromatic N) is 1. The number of nitrogens with one attached hydrogen (secondary N) is 1. The summed E-state index contributed by atoms with van der Waals surface area (Å²) < 4.78 is 0. The van der Waals surface area contributed by atoms with Crippen molar-refractivity contribution >= 4 is 11.6 Å². The molecule has 2 rings (SSSR count). The van der Waals surface area contributed by atoms with Crippen LogP contribution in [0.25, 0.3) is 0 Å². The molecular formula is C13H18N2O2. The van der Waals surface area contributed by atoms with Crippen LogP contribution in [0.15, 0.2) is 18.2 Å². The summed E-state index contributed by atoms with van der Waals surface area (Å²) in [5, 5.41) is 12.2. The van der Waals surface area contributed by atoms with Gasteiger partial charge < -0.3 is 15.3 Å². The summed E-state index contributed by atoms with van der Waals surface area (Å²) in [5.74, 6) is -0.0157. The Labute approximate surface area is 101 Å². The van der Waals surface area contributed by atoms with Crippen molar-refractivity contribution in [3.05, 3.63) is 29.3 Å². The maximum absolute atomic E-state index is 12.2. The minimum absolute atomic E-state index is 0.00275. The van der Waals surface area contributed by atoms with Gasteiger partial charge in [0.2, 0.25) is 0 Å². The third-order valence-electron chi connectivity index (χ3n) is 3.11. The van der Waals surface area contributed by atoms with E-state index in [2.05, 4.69) is 5.32 Å². The molecule has 0 aromatic heterocycles. The molecule has 0 atom stereocenters. The van der Waals surface area contributed by atoms with Crippen LogP contribution < -0.4 is 5.32 Å². The van der Waals surface area contributed by atoms with Gasteiger partial charge >= 0.3 is 0 Å². The first kappa shape index (κ1) is 11.9. The van der Waals surface area contributed by atoms with E-state index in [4.69, 9.17) is 5.11 Å². The van der Waals surface area contributed by atoms with E-state index in [1.54, 1.807) is 4.90 Å². The second-order valence-electron chi connectivity index (χ2n) is 4.16. The van der Waals surface area contributed by atoms with E-state index in [0.717, 1.165) is 18.7 Å². The fraction of sp³-hybridized carbons (Fsp3) is 0.462. The molecule has 1 aromatic rings. The molecular weight excluding hydrogens is 216 g/mol. The van der Waals surface area contributed by atoms with Crippen LogP contribution in [-0.2, 0) is 6.42 Å². The quantitative estimate of drug-likeness (QED) is 0.820. The second-order valence-corrected chi connectivity index (χ2v) is 4.16. The average Bonchev–Trinajstić information content (AvgIpc) is 2.82. The minimum Gasteiger partial charge on any atom is -0.395 e. The molecule has 0 saturated heterocycles. The molecule has 1 heterocycles. The summed E-state index contributed by atoms with van der Waals surface area (Å²) in [7, 11) is 0. The molecule has 0 unspecified atom stereocenters. The molecule has 0 fully saturated rings. The molecule has 1 amide bonds. The highest BCUT2D eigenvalue weighted by atomic mass is 16.3. The van der Waals surface area contributed by atoms with E-state index in [0.29, 0.717) is 18.7 Å². The van der Waals surface area contributed by atoms with Gasteiger partial charge in [0, 0.05) is 30.9 Å². The number of rotatable bonds is 4. The molecule has 4 nitrogen and oxygen atoms in total. The van der Waals surface area contributed by atoms with Gasteiger partial charge in [0.25, 0.3) is 5.91 Å². The molecule has 1 aliphatic rings. The van der Waals surface area contributed by atoms with Gasteiger partial charge in [-0.05, 0) is 31.0 Å². The van der Waals surface area contributed by atoms with E-state index < -0.39 is 0 Å². The van der Waals surface area contributed by atoms with Crippen LogP contribution in [0.3, 0.4) is 0 Å². The zero-order valence-corrected chi connectivity index (χ0v) is 10.1. The zero-order chi connectivity index (χ0) is 12.3. The van der Waals surface area contributed by atoms with Gasteiger partial charge in [-0.3, -0.25) is 4.79 Å². The summed E-state index contributed by atoms with van der Waals surface area (Å²) >= 11 is 0. The summed E-state index contributed by atoms with van der Waals surface area (Å²) in [6.45, 7) is 3.87. The zero-order valence-electron chi connectivity index (χ0n) is 10.1. The Morgan fingerprint density at radius 2 is 2.35 bits per heavy atom. The van der Waals surface area contributed by atoms with Gasteiger partial charge in [-0.2, -0.15) is 0 Å². The molecule has 92 valence electrons. The SMILES string of the molecule is CCN(CCO)C(=O)c1ccc2c(c1)NCC2. The number of likely N-dealkylation sites (N-methyl/N-ethyl adjacent to an activating group) is 1. The second kappa shape index (κ2) is 5.19. The lowest BCUT2D eigenvalue weighted by atomic mass is 10.1. The van der Waals surface area contributed by atoms with Crippen LogP contribution in [0.2, 0.25) is 0 Å². The smallest absolute Gasteiger partial charge is 0.253 e. The summed E-state index contributed by atoms with van der Waals surface area (Å²) in [6, 6.07) is 5.79. The highest BCUT2D eigenvalue weighted by Crippen LogP contribution is 2.23. The predicted octanol–water partition coefficient (Wildman–Crippen LogP) is 1.11. The van der Waals surface area contributed by atoms with Crippen LogP contribution >= 0.6 is 0 Å². The van der Waals surface area contributed by atoms with Gasteiger partial charge in [-0.15, -0.1) is 0 Å². The van der Waals surface area contributed by atoms with Crippen molar-refractivity contribution in [2.75, 3.05) is 31.6 Å². The first-order valence-electron chi connectivity index (χ1n) is 6.03. The number of carbonyl (C=O) groups excluding carboxylic acids is 1. The minimum atomic E-state index is -0.0157. The molecule has 1 aliphatic heterocycles. The number of hydrogen-bond acceptors (Lipinski definition) is 3. The molecule has 1 aromatic carbocycles. The number of aliphatic hydroxyl groups excluding tert-OH is 1. The normalized spacial score (nSPS) is 13.1.